The topological polar surface area (TPSA) is 75.4 Å². The van der Waals surface area contributed by atoms with Crippen LogP contribution in [0.4, 0.5) is 5.69 Å². The molecular formula is C13H20N2O2. The zero-order chi connectivity index (χ0) is 13.0. The molecule has 0 aromatic heterocycles. The molecule has 0 radical (unpaired) electrons. The smallest absolute Gasteiger partial charge is 0.241 e. The molecule has 0 spiro atoms. The van der Waals surface area contributed by atoms with E-state index in [2.05, 4.69) is 5.32 Å². The van der Waals surface area contributed by atoms with Crippen LogP contribution in [0.5, 0.6) is 5.75 Å². The van der Waals surface area contributed by atoms with E-state index in [0.717, 1.165) is 12.0 Å². The number of carbonyl (C=O) groups is 1. The number of nitrogens with one attached hydrogen (secondary N) is 1. The quantitative estimate of drug-likeness (QED) is 0.700. The number of amides is 1. The van der Waals surface area contributed by atoms with Crippen LogP contribution < -0.4 is 11.1 Å². The van der Waals surface area contributed by atoms with Gasteiger partial charge in [-0.2, -0.15) is 0 Å². The number of hydrogen-bond donors (Lipinski definition) is 3. The summed E-state index contributed by atoms with van der Waals surface area (Å²) in [6.45, 7) is 5.79. The largest absolute Gasteiger partial charge is 0.506 e. The minimum atomic E-state index is -0.555. The molecule has 0 heterocycles. The Morgan fingerprint density at radius 2 is 2.18 bits per heavy atom. The average molecular weight is 236 g/mol. The summed E-state index contributed by atoms with van der Waals surface area (Å²) < 4.78 is 0. The maximum Gasteiger partial charge on any atom is 0.241 e. The number of rotatable bonds is 4. The Balaban J connectivity index is 2.74. The lowest BCUT2D eigenvalue weighted by Gasteiger charge is -2.18. The van der Waals surface area contributed by atoms with E-state index in [0.29, 0.717) is 5.69 Å². The second-order valence-electron chi connectivity index (χ2n) is 4.42. The molecule has 1 rings (SSSR count). The summed E-state index contributed by atoms with van der Waals surface area (Å²) in [6.07, 6.45) is 0.842. The number of nitrogens with two attached hydrogens (primary N) is 1. The fourth-order valence-electron chi connectivity index (χ4n) is 1.48. The van der Waals surface area contributed by atoms with Crippen molar-refractivity contribution >= 4 is 11.6 Å². The van der Waals surface area contributed by atoms with Gasteiger partial charge in [-0.25, -0.2) is 0 Å². The second-order valence-corrected chi connectivity index (χ2v) is 4.42. The first-order valence-electron chi connectivity index (χ1n) is 5.81. The molecule has 4 nitrogen and oxygen atoms in total. The Morgan fingerprint density at radius 1 is 1.53 bits per heavy atom. The maximum absolute atomic E-state index is 11.8. The highest BCUT2D eigenvalue weighted by Gasteiger charge is 2.20. The number of anilines is 1. The number of hydrogen-bond acceptors (Lipinski definition) is 3. The standard InChI is InChI=1S/C13H20N2O2/c1-4-9(3)12(14)13(17)15-10-6-5-8(2)7-11(10)16/h5-7,9,12,16H,4,14H2,1-3H3,(H,15,17). The van der Waals surface area contributed by atoms with Gasteiger partial charge in [0.2, 0.25) is 5.91 Å². The Morgan fingerprint density at radius 3 is 2.71 bits per heavy atom. The van der Waals surface area contributed by atoms with Crippen molar-refractivity contribution in [3.05, 3.63) is 23.8 Å². The number of benzene rings is 1. The van der Waals surface area contributed by atoms with Gasteiger partial charge >= 0.3 is 0 Å². The summed E-state index contributed by atoms with van der Waals surface area (Å²) in [7, 11) is 0. The molecule has 2 unspecified atom stereocenters. The van der Waals surface area contributed by atoms with Gasteiger partial charge in [0.25, 0.3) is 0 Å². The van der Waals surface area contributed by atoms with Gasteiger partial charge in [-0.15, -0.1) is 0 Å². The van der Waals surface area contributed by atoms with E-state index >= 15 is 0 Å². The van der Waals surface area contributed by atoms with E-state index in [9.17, 15) is 9.90 Å². The van der Waals surface area contributed by atoms with Crippen LogP contribution in [0.15, 0.2) is 18.2 Å². The molecule has 0 saturated heterocycles. The molecule has 94 valence electrons. The monoisotopic (exact) mass is 236 g/mol. The minimum Gasteiger partial charge on any atom is -0.506 e. The van der Waals surface area contributed by atoms with E-state index in [4.69, 9.17) is 5.73 Å². The molecule has 17 heavy (non-hydrogen) atoms. The van der Waals surface area contributed by atoms with Gasteiger partial charge in [-0.3, -0.25) is 4.79 Å². The van der Waals surface area contributed by atoms with Crippen molar-refractivity contribution in [3.8, 4) is 5.75 Å². The van der Waals surface area contributed by atoms with Gasteiger partial charge in [-0.05, 0) is 30.5 Å². The van der Waals surface area contributed by atoms with Crippen molar-refractivity contribution in [2.45, 2.75) is 33.2 Å². The second kappa shape index (κ2) is 5.68. The molecule has 0 fully saturated rings. The number of aryl methyl sites for hydroxylation is 1. The molecule has 0 aliphatic heterocycles. The zero-order valence-electron chi connectivity index (χ0n) is 10.5. The lowest BCUT2D eigenvalue weighted by Crippen LogP contribution is -2.40. The number of phenolic OH excluding ortho intramolecular Hbond substituents is 1. The Labute approximate surface area is 102 Å². The molecule has 2 atom stereocenters. The molecule has 4 N–H and O–H groups in total. The molecule has 0 aliphatic rings. The van der Waals surface area contributed by atoms with Crippen molar-refractivity contribution < 1.29 is 9.90 Å². The van der Waals surface area contributed by atoms with Crippen LogP contribution >= 0.6 is 0 Å². The third-order valence-electron chi connectivity index (χ3n) is 2.97. The predicted octanol–water partition coefficient (Wildman–Crippen LogP) is 2.01. The summed E-state index contributed by atoms with van der Waals surface area (Å²) in [5, 5.41) is 12.3. The van der Waals surface area contributed by atoms with Gasteiger partial charge in [0, 0.05) is 0 Å². The third-order valence-corrected chi connectivity index (χ3v) is 2.97. The van der Waals surface area contributed by atoms with Gasteiger partial charge in [0.1, 0.15) is 5.75 Å². The summed E-state index contributed by atoms with van der Waals surface area (Å²) in [5.41, 5.74) is 7.14. The number of phenols is 1. The lowest BCUT2D eigenvalue weighted by atomic mass is 9.99. The number of aromatic hydroxyl groups is 1. The Kier molecular flexibility index (Phi) is 4.52. The van der Waals surface area contributed by atoms with E-state index in [1.54, 1.807) is 12.1 Å². The van der Waals surface area contributed by atoms with Crippen LogP contribution in [0.1, 0.15) is 25.8 Å². The van der Waals surface area contributed by atoms with Crippen LogP contribution in [0.3, 0.4) is 0 Å². The van der Waals surface area contributed by atoms with E-state index in [-0.39, 0.29) is 17.6 Å². The van der Waals surface area contributed by atoms with Crippen LogP contribution in [0.2, 0.25) is 0 Å². The summed E-state index contributed by atoms with van der Waals surface area (Å²) >= 11 is 0. The first-order valence-corrected chi connectivity index (χ1v) is 5.81. The predicted molar refractivity (Wildman–Crippen MR) is 68.9 cm³/mol. The van der Waals surface area contributed by atoms with E-state index in [1.165, 1.54) is 0 Å². The van der Waals surface area contributed by atoms with Crippen molar-refractivity contribution in [1.82, 2.24) is 0 Å². The molecule has 0 saturated carbocycles. The van der Waals surface area contributed by atoms with Gasteiger partial charge in [-0.1, -0.05) is 26.3 Å². The van der Waals surface area contributed by atoms with E-state index in [1.807, 2.05) is 26.8 Å². The van der Waals surface area contributed by atoms with E-state index < -0.39 is 6.04 Å². The lowest BCUT2D eigenvalue weighted by molar-refractivity contribution is -0.118. The molecule has 0 aliphatic carbocycles. The molecule has 4 heteroatoms. The van der Waals surface area contributed by atoms with Crippen LogP contribution in [0, 0.1) is 12.8 Å². The van der Waals surface area contributed by atoms with Crippen LogP contribution in [-0.4, -0.2) is 17.1 Å². The zero-order valence-corrected chi connectivity index (χ0v) is 10.5. The summed E-state index contributed by atoms with van der Waals surface area (Å²) in [4.78, 5) is 11.8. The highest BCUT2D eigenvalue weighted by molar-refractivity contribution is 5.96. The third kappa shape index (κ3) is 3.46. The normalized spacial score (nSPS) is 14.1. The number of carbonyl (C=O) groups excluding carboxylic acids is 1. The highest BCUT2D eigenvalue weighted by atomic mass is 16.3. The summed E-state index contributed by atoms with van der Waals surface area (Å²) in [5.74, 6) is -0.0872. The average Bonchev–Trinajstić information content (AvgIpc) is 2.30. The van der Waals surface area contributed by atoms with Gasteiger partial charge in [0.15, 0.2) is 0 Å². The van der Waals surface area contributed by atoms with Gasteiger partial charge in [0.05, 0.1) is 11.7 Å². The Hall–Kier alpha value is -1.55. The molecule has 1 aromatic rings. The van der Waals surface area contributed by atoms with Crippen molar-refractivity contribution in [2.24, 2.45) is 11.7 Å². The molecule has 1 aromatic carbocycles. The minimum absolute atomic E-state index is 0.0645. The highest BCUT2D eigenvalue weighted by Crippen LogP contribution is 2.24. The summed E-state index contributed by atoms with van der Waals surface area (Å²) in [6, 6.07) is 4.54. The Bertz CT molecular complexity index is 404. The van der Waals surface area contributed by atoms with Crippen LogP contribution in [-0.2, 0) is 4.79 Å². The first-order chi connectivity index (χ1) is 7.95. The SMILES string of the molecule is CCC(C)C(N)C(=O)Nc1ccc(C)cc1O. The fraction of sp³-hybridized carbons (Fsp3) is 0.462. The fourth-order valence-corrected chi connectivity index (χ4v) is 1.48. The van der Waals surface area contributed by atoms with Crippen LogP contribution in [0.25, 0.3) is 0 Å². The molecule has 1 amide bonds. The maximum atomic E-state index is 11.8. The van der Waals surface area contributed by atoms with Gasteiger partial charge < -0.3 is 16.2 Å². The van der Waals surface area contributed by atoms with Crippen molar-refractivity contribution in [2.75, 3.05) is 5.32 Å². The molecular weight excluding hydrogens is 216 g/mol. The van der Waals surface area contributed by atoms with Crippen molar-refractivity contribution in [3.63, 3.8) is 0 Å². The molecule has 0 bridgehead atoms. The first kappa shape index (κ1) is 13.5. The van der Waals surface area contributed by atoms with Crippen molar-refractivity contribution in [1.29, 1.82) is 0 Å².